The first-order chi connectivity index (χ1) is 41.0. The number of rotatable bonds is 53. The van der Waals surface area contributed by atoms with Gasteiger partial charge in [0.2, 0.25) is 0 Å². The summed E-state index contributed by atoms with van der Waals surface area (Å²) < 4.78 is 16.7. The van der Waals surface area contributed by atoms with Gasteiger partial charge >= 0.3 is 17.9 Å². The summed E-state index contributed by atoms with van der Waals surface area (Å²) >= 11 is 0. The molecule has 0 saturated carbocycles. The maximum atomic E-state index is 12.9. The highest BCUT2D eigenvalue weighted by atomic mass is 16.6. The fourth-order valence-corrected chi connectivity index (χ4v) is 7.30. The highest BCUT2D eigenvalue weighted by Crippen LogP contribution is 2.09. The summed E-state index contributed by atoms with van der Waals surface area (Å²) in [5, 5.41) is 0. The van der Waals surface area contributed by atoms with Crippen molar-refractivity contribution in [2.45, 2.75) is 207 Å². The standard InChI is InChI=1S/C77H110O6/c1-4-7-10-13-16-19-22-25-28-30-32-33-34-35-36-37-38-39-40-41-42-43-45-46-49-52-55-58-61-64-67-70-76(79)82-73-74(72-81-75(78)69-66-63-60-57-54-51-48-27-24-21-18-15-12-9-6-3)83-77(80)71-68-65-62-59-56-53-50-47-44-31-29-26-23-20-17-14-11-8-5-2/h7-12,16-21,25-29,32-33,35-36,38-39,41-42,44-48,52-57,62-63,65-66,74H,4-6,13-15,22-24,30-31,34,37,40,43,49-51,58-61,64,67-73H2,1-3H3/b10-7-,11-8-,12-9-,19-16-,20-17-,21-18-,28-25-,29-26-,33-32-,36-35-,39-38-,42-41-,46-45-,47-44-,48-27-,55-52-,56-53-,57-54-,65-62-,66-63-. The Morgan fingerprint density at radius 2 is 0.506 bits per heavy atom. The van der Waals surface area contributed by atoms with Crippen LogP contribution in [0.1, 0.15) is 201 Å². The van der Waals surface area contributed by atoms with Gasteiger partial charge in [0.25, 0.3) is 0 Å². The van der Waals surface area contributed by atoms with Gasteiger partial charge in [-0.1, -0.05) is 270 Å². The number of esters is 3. The Morgan fingerprint density at radius 3 is 0.807 bits per heavy atom. The zero-order valence-corrected chi connectivity index (χ0v) is 51.8. The van der Waals surface area contributed by atoms with E-state index in [1.165, 1.54) is 0 Å². The summed E-state index contributed by atoms with van der Waals surface area (Å²) in [6.07, 6.45) is 109. The maximum absolute atomic E-state index is 12.9. The van der Waals surface area contributed by atoms with Crippen molar-refractivity contribution in [3.05, 3.63) is 243 Å². The lowest BCUT2D eigenvalue weighted by Crippen LogP contribution is -2.30. The molecule has 1 atom stereocenters. The van der Waals surface area contributed by atoms with E-state index in [9.17, 15) is 14.4 Å². The van der Waals surface area contributed by atoms with Gasteiger partial charge in [-0.15, -0.1) is 0 Å². The Labute approximate surface area is 507 Å². The van der Waals surface area contributed by atoms with Gasteiger partial charge in [-0.05, 0) is 154 Å². The number of allylic oxidation sites excluding steroid dienone is 39. The van der Waals surface area contributed by atoms with Crippen molar-refractivity contribution < 1.29 is 28.6 Å². The van der Waals surface area contributed by atoms with Gasteiger partial charge in [0.1, 0.15) is 13.2 Å². The Kier molecular flexibility index (Phi) is 62.2. The second kappa shape index (κ2) is 67.7. The molecule has 0 spiro atoms. The maximum Gasteiger partial charge on any atom is 0.309 e. The van der Waals surface area contributed by atoms with Gasteiger partial charge in [0.15, 0.2) is 6.10 Å². The molecule has 6 heteroatoms. The molecule has 1 unspecified atom stereocenters. The molecule has 0 rings (SSSR count). The summed E-state index contributed by atoms with van der Waals surface area (Å²) in [4.78, 5) is 38.2. The lowest BCUT2D eigenvalue weighted by Gasteiger charge is -2.18. The van der Waals surface area contributed by atoms with E-state index in [2.05, 4.69) is 240 Å². The second-order valence-corrected chi connectivity index (χ2v) is 19.5. The number of carbonyl (C=O) groups excluding carboxylic acids is 3. The Bertz CT molecular complexity index is 2180. The van der Waals surface area contributed by atoms with E-state index in [1.54, 1.807) is 6.08 Å². The molecule has 6 nitrogen and oxygen atoms in total. The minimum absolute atomic E-state index is 0.0903. The first-order valence-electron chi connectivity index (χ1n) is 31.5. The van der Waals surface area contributed by atoms with Gasteiger partial charge in [-0.25, -0.2) is 0 Å². The third kappa shape index (κ3) is 65.9. The molecule has 0 amide bonds. The van der Waals surface area contributed by atoms with Crippen LogP contribution < -0.4 is 0 Å². The van der Waals surface area contributed by atoms with Crippen LogP contribution in [0.4, 0.5) is 0 Å². The van der Waals surface area contributed by atoms with Crippen molar-refractivity contribution in [3.63, 3.8) is 0 Å². The molecular weight excluding hydrogens is 1020 g/mol. The van der Waals surface area contributed by atoms with Crippen LogP contribution >= 0.6 is 0 Å². The fourth-order valence-electron chi connectivity index (χ4n) is 7.30. The quantitative estimate of drug-likeness (QED) is 0.0261. The smallest absolute Gasteiger partial charge is 0.309 e. The average Bonchev–Trinajstić information content (AvgIpc) is 3.49. The fraction of sp³-hybridized carbons (Fsp3) is 0.442. The molecule has 0 aromatic rings. The third-order valence-electron chi connectivity index (χ3n) is 11.9. The molecule has 0 bridgehead atoms. The zero-order chi connectivity index (χ0) is 59.9. The van der Waals surface area contributed by atoms with E-state index in [4.69, 9.17) is 14.2 Å². The molecule has 0 fully saturated rings. The van der Waals surface area contributed by atoms with Crippen LogP contribution in [0, 0.1) is 0 Å². The molecule has 0 N–H and O–H groups in total. The summed E-state index contributed by atoms with van der Waals surface area (Å²) in [5.74, 6) is -1.24. The van der Waals surface area contributed by atoms with Crippen LogP contribution in [-0.2, 0) is 28.6 Å². The van der Waals surface area contributed by atoms with Gasteiger partial charge in [-0.3, -0.25) is 14.4 Å². The molecule has 0 aromatic heterocycles. The molecule has 0 radical (unpaired) electrons. The van der Waals surface area contributed by atoms with Crippen LogP contribution in [0.2, 0.25) is 0 Å². The van der Waals surface area contributed by atoms with Crippen LogP contribution in [-0.4, -0.2) is 37.2 Å². The van der Waals surface area contributed by atoms with Crippen molar-refractivity contribution in [1.29, 1.82) is 0 Å². The van der Waals surface area contributed by atoms with Crippen LogP contribution in [0.3, 0.4) is 0 Å². The molecule has 0 heterocycles. The molecule has 0 aliphatic heterocycles. The Hall–Kier alpha value is -6.79. The normalized spacial score (nSPS) is 13.8. The van der Waals surface area contributed by atoms with Crippen molar-refractivity contribution in [2.24, 2.45) is 0 Å². The third-order valence-corrected chi connectivity index (χ3v) is 11.9. The van der Waals surface area contributed by atoms with Crippen molar-refractivity contribution in [1.82, 2.24) is 0 Å². The Morgan fingerprint density at radius 1 is 0.253 bits per heavy atom. The lowest BCUT2D eigenvalue weighted by atomic mass is 10.1. The average molecular weight is 1130 g/mol. The van der Waals surface area contributed by atoms with Crippen molar-refractivity contribution >= 4 is 17.9 Å². The van der Waals surface area contributed by atoms with Gasteiger partial charge in [0.05, 0.1) is 6.42 Å². The lowest BCUT2D eigenvalue weighted by molar-refractivity contribution is -0.166. The van der Waals surface area contributed by atoms with Crippen molar-refractivity contribution in [3.8, 4) is 0 Å². The molecule has 0 aliphatic carbocycles. The Balaban J connectivity index is 4.62. The van der Waals surface area contributed by atoms with E-state index in [1.807, 2.05) is 18.2 Å². The van der Waals surface area contributed by atoms with Crippen molar-refractivity contribution in [2.75, 3.05) is 13.2 Å². The van der Waals surface area contributed by atoms with Crippen LogP contribution in [0.25, 0.3) is 0 Å². The van der Waals surface area contributed by atoms with Gasteiger partial charge < -0.3 is 14.2 Å². The van der Waals surface area contributed by atoms with Crippen LogP contribution in [0.5, 0.6) is 0 Å². The summed E-state index contributed by atoms with van der Waals surface area (Å²) in [7, 11) is 0. The number of hydrogen-bond acceptors (Lipinski definition) is 6. The summed E-state index contributed by atoms with van der Waals surface area (Å²) in [6.45, 7) is 6.08. The number of ether oxygens (including phenoxy) is 3. The topological polar surface area (TPSA) is 78.9 Å². The minimum Gasteiger partial charge on any atom is -0.462 e. The highest BCUT2D eigenvalue weighted by molar-refractivity contribution is 5.72. The molecule has 0 saturated heterocycles. The minimum atomic E-state index is -0.891. The predicted octanol–water partition coefficient (Wildman–Crippen LogP) is 22.1. The van der Waals surface area contributed by atoms with E-state index in [0.29, 0.717) is 19.3 Å². The van der Waals surface area contributed by atoms with Crippen LogP contribution in [0.15, 0.2) is 243 Å². The second-order valence-electron chi connectivity index (χ2n) is 19.5. The molecular formula is C77H110O6. The highest BCUT2D eigenvalue weighted by Gasteiger charge is 2.19. The largest absolute Gasteiger partial charge is 0.462 e. The molecule has 454 valence electrons. The first-order valence-corrected chi connectivity index (χ1v) is 31.5. The van der Waals surface area contributed by atoms with E-state index >= 15 is 0 Å². The first kappa shape index (κ1) is 76.2. The predicted molar refractivity (Wildman–Crippen MR) is 361 cm³/mol. The summed E-state index contributed by atoms with van der Waals surface area (Å²) in [5.41, 5.74) is 0. The monoisotopic (exact) mass is 1130 g/mol. The zero-order valence-electron chi connectivity index (χ0n) is 51.8. The van der Waals surface area contributed by atoms with Gasteiger partial charge in [-0.2, -0.15) is 0 Å². The van der Waals surface area contributed by atoms with Gasteiger partial charge in [0, 0.05) is 12.8 Å². The summed E-state index contributed by atoms with van der Waals surface area (Å²) in [6, 6.07) is 0. The number of carbonyl (C=O) groups is 3. The van der Waals surface area contributed by atoms with E-state index in [0.717, 1.165) is 141 Å². The molecule has 0 aromatic carbocycles. The number of hydrogen-bond donors (Lipinski definition) is 0. The molecule has 0 aliphatic rings. The van der Waals surface area contributed by atoms with E-state index in [-0.39, 0.29) is 38.4 Å². The molecule has 83 heavy (non-hydrogen) atoms. The number of unbranched alkanes of at least 4 members (excludes halogenated alkanes) is 3. The SMILES string of the molecule is CC/C=C\C/C=C\C/C=C\C/C=C\C/C=C\C/C=C\C/C=C\C/C=C\C/C=C\CCCCCC(=O)OCC(COC(=O)C/C=C\C/C=C\C/C=C\C/C=C\C/C=C\CC)OC(=O)CC/C=C\C/C=C\C/C=C\C/C=C\C/C=C\C/C=C\CC. The van der Waals surface area contributed by atoms with E-state index < -0.39 is 18.0 Å².